The number of carbonyl (C=O) groups is 2. The lowest BCUT2D eigenvalue weighted by molar-refractivity contribution is -0.149. The predicted octanol–water partition coefficient (Wildman–Crippen LogP) is 1.47. The molecular formula is C20H24FN3O3. The molecule has 0 radical (unpaired) electrons. The predicted molar refractivity (Wildman–Crippen MR) is 98.8 cm³/mol. The first-order chi connectivity index (χ1) is 13.0. The number of benzene rings is 1. The van der Waals surface area contributed by atoms with Gasteiger partial charge in [-0.25, -0.2) is 9.18 Å². The fourth-order valence-electron chi connectivity index (χ4n) is 4.29. The molecule has 0 atom stereocenters. The molecule has 1 aromatic carbocycles. The number of piperazine rings is 1. The number of anilines is 1. The van der Waals surface area contributed by atoms with Crippen LogP contribution in [0.4, 0.5) is 10.1 Å². The Bertz CT molecular complexity index is 793. The summed E-state index contributed by atoms with van der Waals surface area (Å²) in [6.45, 7) is 5.48. The zero-order chi connectivity index (χ0) is 19.0. The van der Waals surface area contributed by atoms with Gasteiger partial charge in [-0.2, -0.15) is 0 Å². The van der Waals surface area contributed by atoms with Crippen LogP contribution < -0.4 is 10.2 Å². The van der Waals surface area contributed by atoms with Crippen LogP contribution in [0.3, 0.4) is 0 Å². The first-order valence-corrected chi connectivity index (χ1v) is 9.45. The summed E-state index contributed by atoms with van der Waals surface area (Å²) >= 11 is 0. The van der Waals surface area contributed by atoms with Crippen LogP contribution in [0.1, 0.15) is 19.8 Å². The number of halogens is 1. The van der Waals surface area contributed by atoms with Gasteiger partial charge in [-0.1, -0.05) is 6.07 Å². The van der Waals surface area contributed by atoms with Crippen molar-refractivity contribution in [2.75, 3.05) is 44.2 Å². The summed E-state index contributed by atoms with van der Waals surface area (Å²) in [6, 6.07) is 6.51. The Labute approximate surface area is 158 Å². The van der Waals surface area contributed by atoms with E-state index in [0.29, 0.717) is 50.2 Å². The Morgan fingerprint density at radius 1 is 1.19 bits per heavy atom. The molecule has 7 heteroatoms. The normalized spacial score (nSPS) is 22.4. The number of esters is 1. The number of amides is 1. The van der Waals surface area contributed by atoms with E-state index < -0.39 is 5.60 Å². The zero-order valence-electron chi connectivity index (χ0n) is 15.5. The van der Waals surface area contributed by atoms with Crippen molar-refractivity contribution in [2.45, 2.75) is 25.4 Å². The van der Waals surface area contributed by atoms with Crippen molar-refractivity contribution in [3.63, 3.8) is 0 Å². The second kappa shape index (κ2) is 6.96. The van der Waals surface area contributed by atoms with Crippen LogP contribution in [0, 0.1) is 5.82 Å². The molecule has 0 aliphatic carbocycles. The van der Waals surface area contributed by atoms with Gasteiger partial charge in [0.15, 0.2) is 0 Å². The molecule has 1 N–H and O–H groups in total. The lowest BCUT2D eigenvalue weighted by Gasteiger charge is -2.39. The summed E-state index contributed by atoms with van der Waals surface area (Å²) in [5, 5.41) is 3.26. The number of piperidine rings is 1. The van der Waals surface area contributed by atoms with Gasteiger partial charge in [-0.3, -0.25) is 4.79 Å². The average Bonchev–Trinajstić information content (AvgIpc) is 2.91. The van der Waals surface area contributed by atoms with Gasteiger partial charge in [0.05, 0.1) is 5.57 Å². The Morgan fingerprint density at radius 3 is 2.56 bits per heavy atom. The van der Waals surface area contributed by atoms with Crippen LogP contribution in [0.15, 0.2) is 35.4 Å². The van der Waals surface area contributed by atoms with Crippen molar-refractivity contribution in [1.29, 1.82) is 0 Å². The van der Waals surface area contributed by atoms with Crippen molar-refractivity contribution in [1.82, 2.24) is 10.2 Å². The minimum absolute atomic E-state index is 0.0980. The number of rotatable bonds is 2. The number of ether oxygens (including phenoxy) is 1. The van der Waals surface area contributed by atoms with Crippen molar-refractivity contribution in [3.05, 3.63) is 41.2 Å². The number of hydrogen-bond acceptors (Lipinski definition) is 5. The molecule has 6 nitrogen and oxygen atoms in total. The summed E-state index contributed by atoms with van der Waals surface area (Å²) in [7, 11) is 0. The minimum Gasteiger partial charge on any atom is -0.450 e. The highest BCUT2D eigenvalue weighted by molar-refractivity contribution is 6.07. The van der Waals surface area contributed by atoms with E-state index in [4.69, 9.17) is 4.74 Å². The van der Waals surface area contributed by atoms with Crippen molar-refractivity contribution in [2.24, 2.45) is 0 Å². The molecule has 1 spiro atoms. The van der Waals surface area contributed by atoms with Gasteiger partial charge in [0, 0.05) is 50.3 Å². The number of nitrogens with one attached hydrogen (secondary N) is 1. The molecule has 0 saturated carbocycles. The molecule has 27 heavy (non-hydrogen) atoms. The Hall–Kier alpha value is -2.41. The third-order valence-corrected chi connectivity index (χ3v) is 5.79. The van der Waals surface area contributed by atoms with Crippen molar-refractivity contribution >= 4 is 17.6 Å². The van der Waals surface area contributed by atoms with Gasteiger partial charge >= 0.3 is 5.97 Å². The maximum absolute atomic E-state index is 13.5. The average molecular weight is 373 g/mol. The molecule has 0 unspecified atom stereocenters. The maximum atomic E-state index is 13.5. The van der Waals surface area contributed by atoms with E-state index in [1.807, 2.05) is 6.07 Å². The van der Waals surface area contributed by atoms with E-state index in [2.05, 4.69) is 10.2 Å². The first-order valence-electron chi connectivity index (χ1n) is 9.45. The third-order valence-electron chi connectivity index (χ3n) is 5.79. The van der Waals surface area contributed by atoms with Gasteiger partial charge in [0.2, 0.25) is 0 Å². The van der Waals surface area contributed by atoms with Gasteiger partial charge < -0.3 is 19.9 Å². The molecule has 4 rings (SSSR count). The molecule has 0 aromatic heterocycles. The summed E-state index contributed by atoms with van der Waals surface area (Å²) in [4.78, 5) is 29.3. The Kier molecular flexibility index (Phi) is 4.63. The topological polar surface area (TPSA) is 61.9 Å². The second-order valence-corrected chi connectivity index (χ2v) is 7.39. The first kappa shape index (κ1) is 18.0. The van der Waals surface area contributed by atoms with Crippen LogP contribution in [-0.4, -0.2) is 61.6 Å². The number of hydrogen-bond donors (Lipinski definition) is 1. The highest BCUT2D eigenvalue weighted by atomic mass is 19.1. The van der Waals surface area contributed by atoms with Gasteiger partial charge in [-0.15, -0.1) is 0 Å². The molecule has 2 fully saturated rings. The molecule has 1 aromatic rings. The van der Waals surface area contributed by atoms with Crippen molar-refractivity contribution < 1.29 is 18.7 Å². The van der Waals surface area contributed by atoms with Gasteiger partial charge in [0.25, 0.3) is 5.91 Å². The quantitative estimate of drug-likeness (QED) is 0.796. The molecule has 0 bridgehead atoms. The van der Waals surface area contributed by atoms with Crippen molar-refractivity contribution in [3.8, 4) is 0 Å². The molecule has 3 aliphatic heterocycles. The highest BCUT2D eigenvalue weighted by Crippen LogP contribution is 2.40. The molecular weight excluding hydrogens is 349 g/mol. The number of nitrogens with zero attached hydrogens (tertiary/aromatic N) is 2. The summed E-state index contributed by atoms with van der Waals surface area (Å²) in [5.74, 6) is -0.737. The third kappa shape index (κ3) is 3.20. The van der Waals surface area contributed by atoms with Gasteiger partial charge in [0.1, 0.15) is 11.4 Å². The molecule has 144 valence electrons. The van der Waals surface area contributed by atoms with Gasteiger partial charge in [-0.05, 0) is 38.2 Å². The summed E-state index contributed by atoms with van der Waals surface area (Å²) in [6.07, 6.45) is 1.25. The molecule has 3 heterocycles. The largest absolute Gasteiger partial charge is 0.450 e. The van der Waals surface area contributed by atoms with E-state index in [1.54, 1.807) is 17.9 Å². The Morgan fingerprint density at radius 2 is 1.89 bits per heavy atom. The maximum Gasteiger partial charge on any atom is 0.335 e. The lowest BCUT2D eigenvalue weighted by Crippen LogP contribution is -2.53. The SMILES string of the molecule is CC1=C(C(=O)N2CCN(c3cccc(F)c3)CC2)C2(CCNCC2)OC1=O. The molecule has 1 amide bonds. The van der Waals surface area contributed by atoms with Crippen LogP contribution in [0.25, 0.3) is 0 Å². The van der Waals surface area contributed by atoms with E-state index >= 15 is 0 Å². The van der Waals surface area contributed by atoms with E-state index in [0.717, 1.165) is 18.8 Å². The smallest absolute Gasteiger partial charge is 0.335 e. The van der Waals surface area contributed by atoms with E-state index in [1.165, 1.54) is 12.1 Å². The number of carbonyl (C=O) groups excluding carboxylic acids is 2. The zero-order valence-corrected chi connectivity index (χ0v) is 15.5. The summed E-state index contributed by atoms with van der Waals surface area (Å²) < 4.78 is 19.1. The fraction of sp³-hybridized carbons (Fsp3) is 0.500. The molecule has 3 aliphatic rings. The van der Waals surface area contributed by atoms with E-state index in [-0.39, 0.29) is 17.7 Å². The fourth-order valence-corrected chi connectivity index (χ4v) is 4.29. The summed E-state index contributed by atoms with van der Waals surface area (Å²) in [5.41, 5.74) is 1.03. The van der Waals surface area contributed by atoms with Crippen LogP contribution in [0.5, 0.6) is 0 Å². The van der Waals surface area contributed by atoms with E-state index in [9.17, 15) is 14.0 Å². The van der Waals surface area contributed by atoms with Crippen LogP contribution >= 0.6 is 0 Å². The Balaban J connectivity index is 1.49. The van der Waals surface area contributed by atoms with Crippen LogP contribution in [-0.2, 0) is 14.3 Å². The molecule has 2 saturated heterocycles. The van der Waals surface area contributed by atoms with Crippen LogP contribution in [0.2, 0.25) is 0 Å². The lowest BCUT2D eigenvalue weighted by atomic mass is 9.83. The minimum atomic E-state index is -0.775. The standard InChI is InChI=1S/C20H24FN3O3/c1-14-17(20(27-19(14)26)5-7-22-8-6-20)18(25)24-11-9-23(10-12-24)16-4-2-3-15(21)13-16/h2-4,13,22H,5-12H2,1H3. The monoisotopic (exact) mass is 373 g/mol. The second-order valence-electron chi connectivity index (χ2n) is 7.39. The highest BCUT2D eigenvalue weighted by Gasteiger charge is 2.50.